The van der Waals surface area contributed by atoms with Crippen LogP contribution in [-0.2, 0) is 4.74 Å². The van der Waals surface area contributed by atoms with Gasteiger partial charge in [-0.25, -0.2) is 0 Å². The van der Waals surface area contributed by atoms with Crippen molar-refractivity contribution in [3.05, 3.63) is 0 Å². The van der Waals surface area contributed by atoms with Gasteiger partial charge in [0.1, 0.15) is 0 Å². The number of hydrogen-bond acceptors (Lipinski definition) is 3. The molecule has 0 radical (unpaired) electrons. The minimum absolute atomic E-state index is 0.144. The van der Waals surface area contributed by atoms with Crippen molar-refractivity contribution in [2.75, 3.05) is 26.8 Å². The van der Waals surface area contributed by atoms with Crippen LogP contribution in [0.1, 0.15) is 32.6 Å². The van der Waals surface area contributed by atoms with E-state index < -0.39 is 0 Å². The van der Waals surface area contributed by atoms with Crippen LogP contribution < -0.4 is 5.73 Å². The molecule has 0 aromatic rings. The quantitative estimate of drug-likeness (QED) is 0.745. The number of nitrogens with zero attached hydrogens (tertiary/aromatic N) is 1. The van der Waals surface area contributed by atoms with E-state index in [-0.39, 0.29) is 5.54 Å². The fraction of sp³-hybridized carbons (Fsp3) is 1.00. The lowest BCUT2D eigenvalue weighted by atomic mass is 9.91. The van der Waals surface area contributed by atoms with Crippen LogP contribution in [0.5, 0.6) is 0 Å². The maximum absolute atomic E-state index is 6.06. The standard InChI is InChI=1S/C12H24N2O/c1-10-4-3-7-14(10)12(8-13,9-15-2)11-5-6-11/h10-11H,3-9,13H2,1-2H3. The summed E-state index contributed by atoms with van der Waals surface area (Å²) in [5.74, 6) is 0.781. The summed E-state index contributed by atoms with van der Waals surface area (Å²) in [6, 6.07) is 0.685. The van der Waals surface area contributed by atoms with Gasteiger partial charge in [-0.15, -0.1) is 0 Å². The van der Waals surface area contributed by atoms with Gasteiger partial charge < -0.3 is 10.5 Å². The third-order valence-electron chi connectivity index (χ3n) is 4.21. The molecule has 2 rings (SSSR count). The summed E-state index contributed by atoms with van der Waals surface area (Å²) in [5.41, 5.74) is 6.20. The van der Waals surface area contributed by atoms with E-state index in [0.717, 1.165) is 19.1 Å². The molecule has 0 aromatic heterocycles. The summed E-state index contributed by atoms with van der Waals surface area (Å²) in [5, 5.41) is 0. The Bertz CT molecular complexity index is 218. The van der Waals surface area contributed by atoms with E-state index in [1.165, 1.54) is 32.2 Å². The lowest BCUT2D eigenvalue weighted by Crippen LogP contribution is -2.59. The first-order valence-corrected chi connectivity index (χ1v) is 6.20. The topological polar surface area (TPSA) is 38.5 Å². The summed E-state index contributed by atoms with van der Waals surface area (Å²) in [6.07, 6.45) is 5.31. The van der Waals surface area contributed by atoms with E-state index in [2.05, 4.69) is 11.8 Å². The Morgan fingerprint density at radius 2 is 2.13 bits per heavy atom. The van der Waals surface area contributed by atoms with Gasteiger partial charge in [0.15, 0.2) is 0 Å². The normalized spacial score (nSPS) is 31.8. The molecule has 1 saturated carbocycles. The molecule has 88 valence electrons. The lowest BCUT2D eigenvalue weighted by Gasteiger charge is -2.43. The largest absolute Gasteiger partial charge is 0.383 e. The van der Waals surface area contributed by atoms with Gasteiger partial charge in [0.2, 0.25) is 0 Å². The average molecular weight is 212 g/mol. The molecule has 1 saturated heterocycles. The molecule has 1 heterocycles. The van der Waals surface area contributed by atoms with Gasteiger partial charge in [-0.1, -0.05) is 0 Å². The van der Waals surface area contributed by atoms with Crippen LogP contribution in [0, 0.1) is 5.92 Å². The molecule has 2 fully saturated rings. The molecule has 1 aliphatic heterocycles. The smallest absolute Gasteiger partial charge is 0.0661 e. The zero-order valence-electron chi connectivity index (χ0n) is 10.0. The van der Waals surface area contributed by atoms with Gasteiger partial charge in [0, 0.05) is 19.7 Å². The Balaban J connectivity index is 2.15. The minimum atomic E-state index is 0.144. The first-order chi connectivity index (χ1) is 7.24. The van der Waals surface area contributed by atoms with Gasteiger partial charge >= 0.3 is 0 Å². The van der Waals surface area contributed by atoms with Crippen LogP contribution in [0.4, 0.5) is 0 Å². The molecule has 2 aliphatic rings. The summed E-state index contributed by atoms with van der Waals surface area (Å²) in [6.45, 7) is 5.09. The van der Waals surface area contributed by atoms with E-state index >= 15 is 0 Å². The molecule has 3 heteroatoms. The van der Waals surface area contributed by atoms with Crippen molar-refractivity contribution < 1.29 is 4.74 Å². The van der Waals surface area contributed by atoms with Gasteiger partial charge in [-0.3, -0.25) is 4.90 Å². The molecular formula is C12H24N2O. The van der Waals surface area contributed by atoms with Crippen LogP contribution in [0.2, 0.25) is 0 Å². The van der Waals surface area contributed by atoms with Gasteiger partial charge in [0.05, 0.1) is 12.1 Å². The Labute approximate surface area is 93.0 Å². The highest BCUT2D eigenvalue weighted by Gasteiger charge is 2.50. The summed E-state index contributed by atoms with van der Waals surface area (Å²) in [4.78, 5) is 2.62. The zero-order valence-corrected chi connectivity index (χ0v) is 10.0. The van der Waals surface area contributed by atoms with Gasteiger partial charge in [-0.05, 0) is 45.1 Å². The molecule has 2 N–H and O–H groups in total. The number of hydrogen-bond donors (Lipinski definition) is 1. The molecule has 1 aliphatic carbocycles. The van der Waals surface area contributed by atoms with E-state index in [9.17, 15) is 0 Å². The maximum Gasteiger partial charge on any atom is 0.0661 e. The van der Waals surface area contributed by atoms with Crippen molar-refractivity contribution in [1.29, 1.82) is 0 Å². The summed E-state index contributed by atoms with van der Waals surface area (Å²) >= 11 is 0. The zero-order chi connectivity index (χ0) is 10.9. The molecule has 0 amide bonds. The fourth-order valence-corrected chi connectivity index (χ4v) is 3.24. The third-order valence-corrected chi connectivity index (χ3v) is 4.21. The highest BCUT2D eigenvalue weighted by atomic mass is 16.5. The fourth-order valence-electron chi connectivity index (χ4n) is 3.24. The molecular weight excluding hydrogens is 188 g/mol. The second-order valence-corrected chi connectivity index (χ2v) is 5.20. The predicted molar refractivity (Wildman–Crippen MR) is 61.8 cm³/mol. The van der Waals surface area contributed by atoms with E-state index in [1.807, 2.05) is 0 Å². The highest BCUT2D eigenvalue weighted by Crippen LogP contribution is 2.45. The van der Waals surface area contributed by atoms with Crippen molar-refractivity contribution in [2.45, 2.75) is 44.2 Å². The second kappa shape index (κ2) is 4.40. The van der Waals surface area contributed by atoms with E-state index in [0.29, 0.717) is 6.04 Å². The third kappa shape index (κ3) is 1.93. The first kappa shape index (κ1) is 11.4. The van der Waals surface area contributed by atoms with Crippen molar-refractivity contribution in [1.82, 2.24) is 4.90 Å². The number of likely N-dealkylation sites (tertiary alicyclic amines) is 1. The number of methoxy groups -OCH3 is 1. The first-order valence-electron chi connectivity index (χ1n) is 6.20. The number of rotatable bonds is 5. The Morgan fingerprint density at radius 1 is 1.40 bits per heavy atom. The monoisotopic (exact) mass is 212 g/mol. The summed E-state index contributed by atoms with van der Waals surface area (Å²) in [7, 11) is 1.80. The second-order valence-electron chi connectivity index (χ2n) is 5.20. The number of ether oxygens (including phenoxy) is 1. The molecule has 2 atom stereocenters. The van der Waals surface area contributed by atoms with Gasteiger partial charge in [0.25, 0.3) is 0 Å². The average Bonchev–Trinajstić information content (AvgIpc) is 2.99. The number of nitrogens with two attached hydrogens (primary N) is 1. The minimum Gasteiger partial charge on any atom is -0.383 e. The van der Waals surface area contributed by atoms with Crippen LogP contribution in [0.3, 0.4) is 0 Å². The maximum atomic E-state index is 6.06. The van der Waals surface area contributed by atoms with Crippen molar-refractivity contribution in [2.24, 2.45) is 11.7 Å². The molecule has 0 bridgehead atoms. The van der Waals surface area contributed by atoms with Crippen LogP contribution >= 0.6 is 0 Å². The van der Waals surface area contributed by atoms with E-state index in [4.69, 9.17) is 10.5 Å². The van der Waals surface area contributed by atoms with Crippen LogP contribution in [-0.4, -0.2) is 43.3 Å². The van der Waals surface area contributed by atoms with Crippen molar-refractivity contribution in [3.8, 4) is 0 Å². The summed E-state index contributed by atoms with van der Waals surface area (Å²) < 4.78 is 5.44. The Hall–Kier alpha value is -0.120. The van der Waals surface area contributed by atoms with Crippen molar-refractivity contribution >= 4 is 0 Å². The molecule has 3 nitrogen and oxygen atoms in total. The SMILES string of the molecule is COCC(CN)(C1CC1)N1CCCC1C. The van der Waals surface area contributed by atoms with Crippen molar-refractivity contribution in [3.63, 3.8) is 0 Å². The molecule has 15 heavy (non-hydrogen) atoms. The lowest BCUT2D eigenvalue weighted by molar-refractivity contribution is -0.00500. The van der Waals surface area contributed by atoms with Crippen LogP contribution in [0.25, 0.3) is 0 Å². The van der Waals surface area contributed by atoms with E-state index in [1.54, 1.807) is 7.11 Å². The van der Waals surface area contributed by atoms with Crippen LogP contribution in [0.15, 0.2) is 0 Å². The van der Waals surface area contributed by atoms with Gasteiger partial charge in [-0.2, -0.15) is 0 Å². The molecule has 0 spiro atoms. The molecule has 0 aromatic carbocycles. The Kier molecular flexibility index (Phi) is 3.33. The predicted octanol–water partition coefficient (Wildman–Crippen LogP) is 1.22. The molecule has 2 unspecified atom stereocenters. The highest BCUT2D eigenvalue weighted by molar-refractivity contribution is 5.06. The Morgan fingerprint density at radius 3 is 2.53 bits per heavy atom.